The Balaban J connectivity index is 3.69. The maximum Gasteiger partial charge on any atom is 0.316 e. The Bertz CT molecular complexity index is 163. The molecule has 0 aliphatic rings. The van der Waals surface area contributed by atoms with Crippen LogP contribution in [0.15, 0.2) is 0 Å². The number of carbonyl (C=O) groups excluding carboxylic acids is 2. The van der Waals surface area contributed by atoms with Crippen molar-refractivity contribution in [1.29, 1.82) is 0 Å². The quantitative estimate of drug-likeness (QED) is 0.480. The molecule has 0 saturated carbocycles. The summed E-state index contributed by atoms with van der Waals surface area (Å²) in [7, 11) is 0. The maximum atomic E-state index is 11.0. The molecule has 0 bridgehead atoms. The SMILES string of the molecule is CCCCC(C)C(=O)OC(C)=O. The highest BCUT2D eigenvalue weighted by atomic mass is 16.6. The lowest BCUT2D eigenvalue weighted by Gasteiger charge is -2.07. The van der Waals surface area contributed by atoms with Crippen molar-refractivity contribution in [2.24, 2.45) is 5.92 Å². The van der Waals surface area contributed by atoms with E-state index in [1.165, 1.54) is 6.92 Å². The molecule has 0 spiro atoms. The summed E-state index contributed by atoms with van der Waals surface area (Å²) in [5.74, 6) is -1.09. The third-order valence-corrected chi connectivity index (χ3v) is 1.64. The van der Waals surface area contributed by atoms with Crippen LogP contribution in [0.2, 0.25) is 0 Å². The van der Waals surface area contributed by atoms with Crippen LogP contribution < -0.4 is 0 Å². The minimum Gasteiger partial charge on any atom is -0.393 e. The zero-order chi connectivity index (χ0) is 9.56. The molecule has 0 rings (SSSR count). The lowest BCUT2D eigenvalue weighted by atomic mass is 10.1. The highest BCUT2D eigenvalue weighted by Crippen LogP contribution is 2.09. The van der Waals surface area contributed by atoms with Crippen LogP contribution in [-0.4, -0.2) is 11.9 Å². The Kier molecular flexibility index (Phi) is 5.34. The van der Waals surface area contributed by atoms with Crippen molar-refractivity contribution in [2.75, 3.05) is 0 Å². The van der Waals surface area contributed by atoms with Crippen LogP contribution >= 0.6 is 0 Å². The standard InChI is InChI=1S/C9H16O3/c1-4-5-6-7(2)9(11)12-8(3)10/h7H,4-6H2,1-3H3. The number of unbranched alkanes of at least 4 members (excludes halogenated alkanes) is 1. The number of esters is 2. The van der Waals surface area contributed by atoms with Gasteiger partial charge in [-0.2, -0.15) is 0 Å². The average molecular weight is 172 g/mol. The second-order valence-electron chi connectivity index (χ2n) is 2.96. The van der Waals surface area contributed by atoms with Gasteiger partial charge in [-0.15, -0.1) is 0 Å². The second kappa shape index (κ2) is 5.75. The Morgan fingerprint density at radius 3 is 2.42 bits per heavy atom. The smallest absolute Gasteiger partial charge is 0.316 e. The minimum absolute atomic E-state index is 0.158. The molecule has 70 valence electrons. The molecule has 0 aromatic rings. The molecule has 0 fully saturated rings. The largest absolute Gasteiger partial charge is 0.393 e. The fourth-order valence-electron chi connectivity index (χ4n) is 0.870. The van der Waals surface area contributed by atoms with Crippen molar-refractivity contribution in [1.82, 2.24) is 0 Å². The van der Waals surface area contributed by atoms with Gasteiger partial charge in [0.1, 0.15) is 0 Å². The molecule has 0 aliphatic carbocycles. The summed E-state index contributed by atoms with van der Waals surface area (Å²) in [5.41, 5.74) is 0. The van der Waals surface area contributed by atoms with E-state index in [-0.39, 0.29) is 5.92 Å². The van der Waals surface area contributed by atoms with E-state index in [0.717, 1.165) is 19.3 Å². The first kappa shape index (κ1) is 11.1. The lowest BCUT2D eigenvalue weighted by molar-refractivity contribution is -0.160. The predicted octanol–water partition coefficient (Wildman–Crippen LogP) is 1.90. The molecule has 3 heteroatoms. The molecule has 1 unspecified atom stereocenters. The van der Waals surface area contributed by atoms with E-state index in [1.807, 2.05) is 0 Å². The second-order valence-corrected chi connectivity index (χ2v) is 2.96. The zero-order valence-electron chi connectivity index (χ0n) is 7.92. The van der Waals surface area contributed by atoms with Gasteiger partial charge in [-0.05, 0) is 6.42 Å². The van der Waals surface area contributed by atoms with Crippen molar-refractivity contribution in [2.45, 2.75) is 40.0 Å². The van der Waals surface area contributed by atoms with Crippen LogP contribution in [-0.2, 0) is 14.3 Å². The molecule has 0 saturated heterocycles. The van der Waals surface area contributed by atoms with Gasteiger partial charge in [0.25, 0.3) is 0 Å². The third kappa shape index (κ3) is 4.88. The Labute approximate surface area is 73.1 Å². The lowest BCUT2D eigenvalue weighted by Crippen LogP contribution is -2.17. The monoisotopic (exact) mass is 172 g/mol. The van der Waals surface area contributed by atoms with Crippen molar-refractivity contribution in [3.8, 4) is 0 Å². The molecule has 0 radical (unpaired) electrons. The normalized spacial score (nSPS) is 12.2. The molecular formula is C9H16O3. The summed E-state index contributed by atoms with van der Waals surface area (Å²) in [4.78, 5) is 21.4. The van der Waals surface area contributed by atoms with Crippen molar-refractivity contribution >= 4 is 11.9 Å². The first-order valence-electron chi connectivity index (χ1n) is 4.30. The summed E-state index contributed by atoms with van der Waals surface area (Å²) in [6.07, 6.45) is 2.84. The molecule has 0 aromatic heterocycles. The molecule has 0 N–H and O–H groups in total. The van der Waals surface area contributed by atoms with E-state index < -0.39 is 11.9 Å². The van der Waals surface area contributed by atoms with Crippen LogP contribution in [0.4, 0.5) is 0 Å². The fourth-order valence-corrected chi connectivity index (χ4v) is 0.870. The van der Waals surface area contributed by atoms with Gasteiger partial charge in [0.15, 0.2) is 0 Å². The number of rotatable bonds is 4. The molecule has 0 aromatic carbocycles. The summed E-state index contributed by atoms with van der Waals surface area (Å²) >= 11 is 0. The minimum atomic E-state index is -0.525. The fraction of sp³-hybridized carbons (Fsp3) is 0.778. The van der Waals surface area contributed by atoms with Gasteiger partial charge in [0.05, 0.1) is 5.92 Å². The van der Waals surface area contributed by atoms with Gasteiger partial charge in [0.2, 0.25) is 0 Å². The number of carbonyl (C=O) groups is 2. The van der Waals surface area contributed by atoms with Crippen LogP contribution in [0.5, 0.6) is 0 Å². The van der Waals surface area contributed by atoms with Gasteiger partial charge in [-0.25, -0.2) is 0 Å². The number of hydrogen-bond acceptors (Lipinski definition) is 3. The third-order valence-electron chi connectivity index (χ3n) is 1.64. The van der Waals surface area contributed by atoms with Crippen LogP contribution in [0.25, 0.3) is 0 Å². The molecule has 3 nitrogen and oxygen atoms in total. The molecule has 1 atom stereocenters. The highest BCUT2D eigenvalue weighted by molar-refractivity contribution is 5.85. The van der Waals surface area contributed by atoms with Gasteiger partial charge in [-0.1, -0.05) is 26.7 Å². The molecule has 0 amide bonds. The van der Waals surface area contributed by atoms with E-state index in [0.29, 0.717) is 0 Å². The Morgan fingerprint density at radius 2 is 2.00 bits per heavy atom. The van der Waals surface area contributed by atoms with Gasteiger partial charge in [-0.3, -0.25) is 9.59 Å². The van der Waals surface area contributed by atoms with Crippen molar-refractivity contribution in [3.05, 3.63) is 0 Å². The Hall–Kier alpha value is -0.860. The molecule has 0 heterocycles. The topological polar surface area (TPSA) is 43.4 Å². The van der Waals surface area contributed by atoms with Crippen LogP contribution in [0.3, 0.4) is 0 Å². The van der Waals surface area contributed by atoms with Crippen LogP contribution in [0.1, 0.15) is 40.0 Å². The van der Waals surface area contributed by atoms with Crippen molar-refractivity contribution in [3.63, 3.8) is 0 Å². The maximum absolute atomic E-state index is 11.0. The van der Waals surface area contributed by atoms with Gasteiger partial charge in [0, 0.05) is 6.92 Å². The van der Waals surface area contributed by atoms with E-state index in [4.69, 9.17) is 0 Å². The van der Waals surface area contributed by atoms with E-state index in [9.17, 15) is 9.59 Å². The van der Waals surface area contributed by atoms with Gasteiger partial charge >= 0.3 is 11.9 Å². The van der Waals surface area contributed by atoms with Gasteiger partial charge < -0.3 is 4.74 Å². The van der Waals surface area contributed by atoms with E-state index >= 15 is 0 Å². The number of ether oxygens (including phenoxy) is 1. The first-order chi connectivity index (χ1) is 5.57. The average Bonchev–Trinajstić information content (AvgIpc) is 1.98. The summed E-state index contributed by atoms with van der Waals surface area (Å²) in [5, 5.41) is 0. The summed E-state index contributed by atoms with van der Waals surface area (Å²) < 4.78 is 4.43. The van der Waals surface area contributed by atoms with Crippen molar-refractivity contribution < 1.29 is 14.3 Å². The van der Waals surface area contributed by atoms with Crippen LogP contribution in [0, 0.1) is 5.92 Å². The predicted molar refractivity (Wildman–Crippen MR) is 45.5 cm³/mol. The molecule has 12 heavy (non-hydrogen) atoms. The van der Waals surface area contributed by atoms with E-state index in [1.54, 1.807) is 6.92 Å². The van der Waals surface area contributed by atoms with E-state index in [2.05, 4.69) is 11.7 Å². The first-order valence-corrected chi connectivity index (χ1v) is 4.30. The molecular weight excluding hydrogens is 156 g/mol. The summed E-state index contributed by atoms with van der Waals surface area (Å²) in [6.45, 7) is 5.08. The zero-order valence-corrected chi connectivity index (χ0v) is 7.92. The highest BCUT2D eigenvalue weighted by Gasteiger charge is 2.15. The Morgan fingerprint density at radius 1 is 1.42 bits per heavy atom. The summed E-state index contributed by atoms with van der Waals surface area (Å²) in [6, 6.07) is 0. The molecule has 0 aliphatic heterocycles. The number of hydrogen-bond donors (Lipinski definition) is 0.